The lowest BCUT2D eigenvalue weighted by atomic mass is 10.1. The summed E-state index contributed by atoms with van der Waals surface area (Å²) in [6, 6.07) is 15.7. The first-order valence-electron chi connectivity index (χ1n) is 10.8. The highest BCUT2D eigenvalue weighted by Gasteiger charge is 2.43. The van der Waals surface area contributed by atoms with Gasteiger partial charge in [-0.2, -0.15) is 0 Å². The van der Waals surface area contributed by atoms with Crippen molar-refractivity contribution < 1.29 is 9.59 Å². The molecule has 0 spiro atoms. The van der Waals surface area contributed by atoms with Crippen LogP contribution in [0.5, 0.6) is 0 Å². The molecule has 1 unspecified atom stereocenters. The van der Waals surface area contributed by atoms with Gasteiger partial charge in [0.25, 0.3) is 5.91 Å². The summed E-state index contributed by atoms with van der Waals surface area (Å²) < 4.78 is 0. The second kappa shape index (κ2) is 11.3. The van der Waals surface area contributed by atoms with E-state index in [1.54, 1.807) is 18.2 Å². The number of unbranched alkanes of at least 4 members (excludes halogenated alkanes) is 4. The Kier molecular flexibility index (Phi) is 8.43. The summed E-state index contributed by atoms with van der Waals surface area (Å²) in [5.41, 5.74) is 1.34. The minimum absolute atomic E-state index is 0.0416. The number of halogens is 1. The van der Waals surface area contributed by atoms with E-state index in [0.29, 0.717) is 28.1 Å². The van der Waals surface area contributed by atoms with Crippen LogP contribution in [0.2, 0.25) is 5.02 Å². The third kappa shape index (κ3) is 6.05. The lowest BCUT2D eigenvalue weighted by Crippen LogP contribution is -2.38. The molecule has 1 heterocycles. The quantitative estimate of drug-likeness (QED) is 0.370. The van der Waals surface area contributed by atoms with Crippen molar-refractivity contribution in [1.29, 1.82) is 0 Å². The second-order valence-electron chi connectivity index (χ2n) is 7.68. The fourth-order valence-electron chi connectivity index (χ4n) is 3.74. The first-order valence-corrected chi connectivity index (χ1v) is 11.5. The van der Waals surface area contributed by atoms with Crippen LogP contribution in [0.1, 0.15) is 45.4 Å². The molecule has 7 heteroatoms. The number of amides is 2. The number of nitrogens with zero attached hydrogens (tertiary/aromatic N) is 2. The van der Waals surface area contributed by atoms with Gasteiger partial charge in [-0.3, -0.25) is 14.5 Å². The minimum atomic E-state index is -0.624. The highest BCUT2D eigenvalue weighted by atomic mass is 35.5. The Labute approximate surface area is 194 Å². The van der Waals surface area contributed by atoms with Gasteiger partial charge in [-0.1, -0.05) is 68.5 Å². The van der Waals surface area contributed by atoms with E-state index in [9.17, 15) is 9.59 Å². The molecule has 2 aromatic rings. The fraction of sp³-hybridized carbons (Fsp3) is 0.375. The molecule has 2 aromatic carbocycles. The molecule has 1 aliphatic rings. The fourth-order valence-corrected chi connectivity index (χ4v) is 4.33. The summed E-state index contributed by atoms with van der Waals surface area (Å²) in [5.74, 6) is -0.402. The standard InChI is InChI=1S/C24H28ClN3O2S/c1-2-3-4-5-9-15-27-21(17-22(29)26-19-12-7-6-8-13-19)23(30)28(24(27)31)20-14-10-11-18(25)16-20/h6-8,10-14,16,21H,2-5,9,15,17H2,1H3,(H,26,29). The van der Waals surface area contributed by atoms with E-state index >= 15 is 0 Å². The summed E-state index contributed by atoms with van der Waals surface area (Å²) in [6.45, 7) is 2.83. The van der Waals surface area contributed by atoms with Crippen molar-refractivity contribution in [2.75, 3.05) is 16.8 Å². The number of rotatable bonds is 10. The molecule has 1 N–H and O–H groups in total. The Bertz CT molecular complexity index is 922. The van der Waals surface area contributed by atoms with Crippen LogP contribution in [0.25, 0.3) is 0 Å². The average Bonchev–Trinajstić information content (AvgIpc) is 2.98. The van der Waals surface area contributed by atoms with E-state index in [1.807, 2.05) is 41.3 Å². The van der Waals surface area contributed by atoms with Crippen molar-refractivity contribution in [2.24, 2.45) is 0 Å². The Balaban J connectivity index is 1.75. The SMILES string of the molecule is CCCCCCCN1C(=S)N(c2cccc(Cl)c2)C(=O)C1CC(=O)Nc1ccccc1. The van der Waals surface area contributed by atoms with E-state index in [2.05, 4.69) is 12.2 Å². The molecule has 0 radical (unpaired) electrons. The van der Waals surface area contributed by atoms with Gasteiger partial charge < -0.3 is 10.2 Å². The van der Waals surface area contributed by atoms with E-state index < -0.39 is 6.04 Å². The minimum Gasteiger partial charge on any atom is -0.336 e. The zero-order chi connectivity index (χ0) is 22.2. The zero-order valence-corrected chi connectivity index (χ0v) is 19.3. The van der Waals surface area contributed by atoms with Gasteiger partial charge in [-0.05, 0) is 49.0 Å². The van der Waals surface area contributed by atoms with Gasteiger partial charge in [0.1, 0.15) is 6.04 Å². The van der Waals surface area contributed by atoms with Crippen molar-refractivity contribution in [2.45, 2.75) is 51.5 Å². The maximum atomic E-state index is 13.3. The zero-order valence-electron chi connectivity index (χ0n) is 17.7. The topological polar surface area (TPSA) is 52.7 Å². The maximum Gasteiger partial charge on any atom is 0.256 e. The van der Waals surface area contributed by atoms with Crippen molar-refractivity contribution >= 4 is 52.1 Å². The molecule has 0 saturated carbocycles. The molecule has 5 nitrogen and oxygen atoms in total. The Morgan fingerprint density at radius 1 is 1.06 bits per heavy atom. The first kappa shape index (κ1) is 23.2. The Morgan fingerprint density at radius 2 is 1.81 bits per heavy atom. The summed E-state index contributed by atoms with van der Waals surface area (Å²) in [5, 5.41) is 3.83. The number of nitrogens with one attached hydrogen (secondary N) is 1. The van der Waals surface area contributed by atoms with Crippen LogP contribution in [-0.4, -0.2) is 34.4 Å². The molecule has 1 aliphatic heterocycles. The van der Waals surface area contributed by atoms with E-state index in [4.69, 9.17) is 23.8 Å². The molecular formula is C24H28ClN3O2S. The molecule has 31 heavy (non-hydrogen) atoms. The van der Waals surface area contributed by atoms with Crippen LogP contribution in [0.3, 0.4) is 0 Å². The van der Waals surface area contributed by atoms with Crippen LogP contribution in [0.15, 0.2) is 54.6 Å². The third-order valence-electron chi connectivity index (χ3n) is 5.32. The first-order chi connectivity index (χ1) is 15.0. The number of anilines is 2. The van der Waals surface area contributed by atoms with Gasteiger partial charge in [-0.15, -0.1) is 0 Å². The average molecular weight is 458 g/mol. The molecule has 0 aromatic heterocycles. The van der Waals surface area contributed by atoms with Crippen molar-refractivity contribution in [1.82, 2.24) is 4.90 Å². The third-order valence-corrected chi connectivity index (χ3v) is 5.98. The number of para-hydroxylation sites is 1. The number of carbonyl (C=O) groups is 2. The van der Waals surface area contributed by atoms with Crippen molar-refractivity contribution in [3.63, 3.8) is 0 Å². The van der Waals surface area contributed by atoms with Gasteiger partial charge in [0, 0.05) is 17.3 Å². The summed E-state index contributed by atoms with van der Waals surface area (Å²) in [7, 11) is 0. The number of hydrogen-bond donors (Lipinski definition) is 1. The van der Waals surface area contributed by atoms with Crippen molar-refractivity contribution in [3.05, 3.63) is 59.6 Å². The number of carbonyl (C=O) groups excluding carboxylic acids is 2. The molecule has 1 saturated heterocycles. The molecular weight excluding hydrogens is 430 g/mol. The van der Waals surface area contributed by atoms with Crippen LogP contribution in [-0.2, 0) is 9.59 Å². The highest BCUT2D eigenvalue weighted by Crippen LogP contribution is 2.29. The second-order valence-corrected chi connectivity index (χ2v) is 8.48. The molecule has 2 amide bonds. The van der Waals surface area contributed by atoms with Crippen LogP contribution < -0.4 is 10.2 Å². The van der Waals surface area contributed by atoms with Gasteiger partial charge >= 0.3 is 0 Å². The summed E-state index contributed by atoms with van der Waals surface area (Å²) in [6.07, 6.45) is 5.56. The predicted octanol–water partition coefficient (Wildman–Crippen LogP) is 5.64. The normalized spacial score (nSPS) is 16.1. The smallest absolute Gasteiger partial charge is 0.256 e. The predicted molar refractivity (Wildman–Crippen MR) is 130 cm³/mol. The van der Waals surface area contributed by atoms with E-state index in [0.717, 1.165) is 19.3 Å². The van der Waals surface area contributed by atoms with Gasteiger partial charge in [0.2, 0.25) is 5.91 Å². The summed E-state index contributed by atoms with van der Waals surface area (Å²) in [4.78, 5) is 29.4. The lowest BCUT2D eigenvalue weighted by molar-refractivity contribution is -0.124. The van der Waals surface area contributed by atoms with Crippen LogP contribution >= 0.6 is 23.8 Å². The molecule has 1 atom stereocenters. The van der Waals surface area contributed by atoms with E-state index in [-0.39, 0.29) is 18.2 Å². The Morgan fingerprint density at radius 3 is 2.52 bits per heavy atom. The summed E-state index contributed by atoms with van der Waals surface area (Å²) >= 11 is 11.8. The largest absolute Gasteiger partial charge is 0.336 e. The van der Waals surface area contributed by atoms with Crippen LogP contribution in [0, 0.1) is 0 Å². The number of benzene rings is 2. The molecule has 164 valence electrons. The maximum absolute atomic E-state index is 13.3. The molecule has 0 bridgehead atoms. The molecule has 1 fully saturated rings. The highest BCUT2D eigenvalue weighted by molar-refractivity contribution is 7.80. The van der Waals surface area contributed by atoms with Gasteiger partial charge in [-0.25, -0.2) is 0 Å². The van der Waals surface area contributed by atoms with Gasteiger partial charge in [0.05, 0.1) is 12.1 Å². The van der Waals surface area contributed by atoms with E-state index in [1.165, 1.54) is 17.7 Å². The van der Waals surface area contributed by atoms with Crippen molar-refractivity contribution in [3.8, 4) is 0 Å². The molecule has 3 rings (SSSR count). The molecule has 0 aliphatic carbocycles. The Hall–Kier alpha value is -2.44. The number of thiocarbonyl (C=S) groups is 1. The number of hydrogen-bond acceptors (Lipinski definition) is 3. The van der Waals surface area contributed by atoms with Crippen LogP contribution in [0.4, 0.5) is 11.4 Å². The van der Waals surface area contributed by atoms with Gasteiger partial charge in [0.15, 0.2) is 5.11 Å². The monoisotopic (exact) mass is 457 g/mol. The lowest BCUT2D eigenvalue weighted by Gasteiger charge is -2.24.